The Kier molecular flexibility index (Phi) is 6.05. The van der Waals surface area contributed by atoms with Crippen LogP contribution in [0.1, 0.15) is 35.3 Å². The molecule has 0 spiro atoms. The fraction of sp³-hybridized carbons (Fsp3) is 0.250. The van der Waals surface area contributed by atoms with Crippen LogP contribution < -0.4 is 10.1 Å². The lowest BCUT2D eigenvalue weighted by atomic mass is 10.1. The molecule has 0 radical (unpaired) electrons. The number of ether oxygens (including phenoxy) is 1. The van der Waals surface area contributed by atoms with Crippen molar-refractivity contribution < 1.29 is 9.53 Å². The predicted octanol–water partition coefficient (Wildman–Crippen LogP) is 5.03. The minimum Gasteiger partial charge on any atom is -0.489 e. The molecule has 5 heteroatoms. The number of carbonyl (C=O) groups is 1. The van der Waals surface area contributed by atoms with Gasteiger partial charge in [0.25, 0.3) is 5.91 Å². The van der Waals surface area contributed by atoms with E-state index in [2.05, 4.69) is 10.3 Å². The molecule has 3 aromatic rings. The maximum absolute atomic E-state index is 12.7. The topological polar surface area (TPSA) is 54.5 Å². The molecule has 1 amide bonds. The van der Waals surface area contributed by atoms with Gasteiger partial charge in [0, 0.05) is 30.7 Å². The van der Waals surface area contributed by atoms with Gasteiger partial charge in [0.2, 0.25) is 0 Å². The van der Waals surface area contributed by atoms with Gasteiger partial charge in [-0.15, -0.1) is 0 Å². The van der Waals surface area contributed by atoms with Crippen LogP contribution in [-0.2, 0) is 6.61 Å². The van der Waals surface area contributed by atoms with Gasteiger partial charge in [-0.25, -0.2) is 0 Å². The van der Waals surface area contributed by atoms with E-state index in [1.54, 1.807) is 6.20 Å². The first-order valence-corrected chi connectivity index (χ1v) is 10.1. The van der Waals surface area contributed by atoms with Crippen LogP contribution in [0.3, 0.4) is 0 Å². The highest BCUT2D eigenvalue weighted by Crippen LogP contribution is 2.22. The summed E-state index contributed by atoms with van der Waals surface area (Å²) < 4.78 is 5.83. The van der Waals surface area contributed by atoms with E-state index >= 15 is 0 Å². The van der Waals surface area contributed by atoms with Crippen molar-refractivity contribution in [2.45, 2.75) is 25.9 Å². The molecule has 0 bridgehead atoms. The van der Waals surface area contributed by atoms with Crippen LogP contribution in [-0.4, -0.2) is 28.9 Å². The third-order valence-electron chi connectivity index (χ3n) is 5.01. The molecule has 1 aliphatic heterocycles. The molecule has 29 heavy (non-hydrogen) atoms. The molecule has 0 unspecified atom stereocenters. The number of benzene rings is 2. The number of amides is 1. The van der Waals surface area contributed by atoms with E-state index in [9.17, 15) is 4.79 Å². The Morgan fingerprint density at radius 3 is 2.45 bits per heavy atom. The Labute approximate surface area is 171 Å². The molecule has 1 fully saturated rings. The van der Waals surface area contributed by atoms with Gasteiger partial charge >= 0.3 is 0 Å². The van der Waals surface area contributed by atoms with Crippen LogP contribution in [0.4, 0.5) is 11.4 Å². The zero-order valence-corrected chi connectivity index (χ0v) is 16.4. The van der Waals surface area contributed by atoms with E-state index in [1.807, 2.05) is 71.6 Å². The first kappa shape index (κ1) is 19.0. The first-order valence-electron chi connectivity index (χ1n) is 10.1. The summed E-state index contributed by atoms with van der Waals surface area (Å²) in [6.07, 6.45) is 5.02. The summed E-state index contributed by atoms with van der Waals surface area (Å²) in [5.41, 5.74) is 3.40. The molecule has 2 heterocycles. The number of aromatic nitrogens is 1. The Balaban J connectivity index is 1.37. The van der Waals surface area contributed by atoms with Crippen LogP contribution in [0.25, 0.3) is 0 Å². The second-order valence-electron chi connectivity index (χ2n) is 7.21. The maximum Gasteiger partial charge on any atom is 0.272 e. The number of hydrogen-bond donors (Lipinski definition) is 1. The van der Waals surface area contributed by atoms with Crippen LogP contribution in [0.2, 0.25) is 0 Å². The summed E-state index contributed by atoms with van der Waals surface area (Å²) in [4.78, 5) is 18.8. The van der Waals surface area contributed by atoms with E-state index in [1.165, 1.54) is 6.42 Å². The summed E-state index contributed by atoms with van der Waals surface area (Å²) in [6.45, 7) is 2.19. The Hall–Kier alpha value is -3.34. The van der Waals surface area contributed by atoms with E-state index < -0.39 is 0 Å². The minimum atomic E-state index is 0.0120. The number of piperidine rings is 1. The Morgan fingerprint density at radius 2 is 1.69 bits per heavy atom. The molecule has 4 rings (SSSR count). The van der Waals surface area contributed by atoms with Crippen LogP contribution >= 0.6 is 0 Å². The van der Waals surface area contributed by atoms with Gasteiger partial charge in [-0.3, -0.25) is 9.78 Å². The van der Waals surface area contributed by atoms with Crippen molar-refractivity contribution in [2.75, 3.05) is 18.4 Å². The monoisotopic (exact) mass is 387 g/mol. The van der Waals surface area contributed by atoms with Crippen molar-refractivity contribution in [1.29, 1.82) is 0 Å². The number of hydrogen-bond acceptors (Lipinski definition) is 4. The average Bonchev–Trinajstić information content (AvgIpc) is 2.79. The van der Waals surface area contributed by atoms with Gasteiger partial charge in [0.1, 0.15) is 18.1 Å². The highest BCUT2D eigenvalue weighted by atomic mass is 16.5. The lowest BCUT2D eigenvalue weighted by Crippen LogP contribution is -2.36. The molecule has 5 nitrogen and oxygen atoms in total. The number of rotatable bonds is 6. The second kappa shape index (κ2) is 9.24. The first-order chi connectivity index (χ1) is 14.3. The number of nitrogens with one attached hydrogen (secondary N) is 1. The van der Waals surface area contributed by atoms with Gasteiger partial charge in [0.05, 0.1) is 0 Å². The van der Waals surface area contributed by atoms with E-state index in [0.717, 1.165) is 48.6 Å². The molecule has 148 valence electrons. The molecule has 1 aromatic heterocycles. The zero-order chi connectivity index (χ0) is 19.9. The third kappa shape index (κ3) is 5.13. The summed E-state index contributed by atoms with van der Waals surface area (Å²) in [5.74, 6) is 0.827. The molecule has 1 saturated heterocycles. The summed E-state index contributed by atoms with van der Waals surface area (Å²) in [6, 6.07) is 21.6. The van der Waals surface area contributed by atoms with Gasteiger partial charge in [-0.2, -0.15) is 0 Å². The standard InChI is InChI=1S/C24H25N3O2/c28-24(27-15-5-2-6-16-27)23-17-21(13-14-25-23)26-20-9-11-22(12-10-20)29-18-19-7-3-1-4-8-19/h1,3-4,7-14,17H,2,5-6,15-16,18H2,(H,25,26). The molecular formula is C24H25N3O2. The zero-order valence-electron chi connectivity index (χ0n) is 16.4. The van der Waals surface area contributed by atoms with Crippen LogP contribution in [0.5, 0.6) is 5.75 Å². The molecule has 0 atom stereocenters. The lowest BCUT2D eigenvalue weighted by Gasteiger charge is -2.26. The highest BCUT2D eigenvalue weighted by molar-refractivity contribution is 5.93. The van der Waals surface area contributed by atoms with Crippen molar-refractivity contribution in [3.63, 3.8) is 0 Å². The summed E-state index contributed by atoms with van der Waals surface area (Å²) >= 11 is 0. The number of nitrogens with zero attached hydrogens (tertiary/aromatic N) is 2. The number of carbonyl (C=O) groups excluding carboxylic acids is 1. The molecule has 0 aliphatic carbocycles. The quantitative estimate of drug-likeness (QED) is 0.644. The van der Waals surface area contributed by atoms with Crippen molar-refractivity contribution in [1.82, 2.24) is 9.88 Å². The average molecular weight is 387 g/mol. The van der Waals surface area contributed by atoms with Gasteiger partial charge in [-0.05, 0) is 61.2 Å². The summed E-state index contributed by atoms with van der Waals surface area (Å²) in [5, 5.41) is 3.34. The Morgan fingerprint density at radius 1 is 0.931 bits per heavy atom. The van der Waals surface area contributed by atoms with Crippen molar-refractivity contribution in [3.05, 3.63) is 84.2 Å². The summed E-state index contributed by atoms with van der Waals surface area (Å²) in [7, 11) is 0. The van der Waals surface area contributed by atoms with Crippen LogP contribution in [0, 0.1) is 0 Å². The van der Waals surface area contributed by atoms with Gasteiger partial charge in [-0.1, -0.05) is 30.3 Å². The normalized spacial score (nSPS) is 13.7. The largest absolute Gasteiger partial charge is 0.489 e. The lowest BCUT2D eigenvalue weighted by molar-refractivity contribution is 0.0718. The van der Waals surface area contributed by atoms with Crippen molar-refractivity contribution in [2.24, 2.45) is 0 Å². The van der Waals surface area contributed by atoms with E-state index in [0.29, 0.717) is 12.3 Å². The Bertz CT molecular complexity index is 936. The third-order valence-corrected chi connectivity index (χ3v) is 5.01. The maximum atomic E-state index is 12.7. The fourth-order valence-corrected chi connectivity index (χ4v) is 3.43. The second-order valence-corrected chi connectivity index (χ2v) is 7.21. The van der Waals surface area contributed by atoms with E-state index in [4.69, 9.17) is 4.74 Å². The predicted molar refractivity (Wildman–Crippen MR) is 114 cm³/mol. The van der Waals surface area contributed by atoms with Gasteiger partial charge in [0.15, 0.2) is 0 Å². The van der Waals surface area contributed by atoms with Crippen molar-refractivity contribution >= 4 is 17.3 Å². The minimum absolute atomic E-state index is 0.0120. The van der Waals surface area contributed by atoms with Crippen LogP contribution in [0.15, 0.2) is 72.9 Å². The number of anilines is 2. The van der Waals surface area contributed by atoms with E-state index in [-0.39, 0.29) is 5.91 Å². The molecule has 0 saturated carbocycles. The van der Waals surface area contributed by atoms with Crippen molar-refractivity contribution in [3.8, 4) is 5.75 Å². The fourth-order valence-electron chi connectivity index (χ4n) is 3.43. The molecule has 2 aromatic carbocycles. The molecule has 1 aliphatic rings. The highest BCUT2D eigenvalue weighted by Gasteiger charge is 2.19. The molecular weight excluding hydrogens is 362 g/mol. The van der Waals surface area contributed by atoms with Gasteiger partial charge < -0.3 is 15.0 Å². The number of likely N-dealkylation sites (tertiary alicyclic amines) is 1. The smallest absolute Gasteiger partial charge is 0.272 e. The molecule has 1 N–H and O–H groups in total. The SMILES string of the molecule is O=C(c1cc(Nc2ccc(OCc3ccccc3)cc2)ccn1)N1CCCCC1. The number of pyridine rings is 1.